The summed E-state index contributed by atoms with van der Waals surface area (Å²) in [5, 5.41) is 1.13. The molecule has 0 aliphatic heterocycles. The van der Waals surface area contributed by atoms with E-state index in [9.17, 15) is 4.79 Å². The van der Waals surface area contributed by atoms with E-state index in [1.165, 1.54) is 0 Å². The third kappa shape index (κ3) is 3.62. The van der Waals surface area contributed by atoms with E-state index in [2.05, 4.69) is 15.9 Å². The molecule has 0 spiro atoms. The summed E-state index contributed by atoms with van der Waals surface area (Å²) in [5.74, 6) is 5.34. The Balaban J connectivity index is 3.21. The summed E-state index contributed by atoms with van der Waals surface area (Å²) >= 11 is 3.32. The minimum absolute atomic E-state index is 0.0617. The van der Waals surface area contributed by atoms with Gasteiger partial charge in [0.05, 0.1) is 18.0 Å². The van der Waals surface area contributed by atoms with Crippen molar-refractivity contribution in [3.63, 3.8) is 0 Å². The maximum atomic E-state index is 11.9. The average Bonchev–Trinajstić information content (AvgIpc) is 2.32. The number of nitrogens with two attached hydrogens (primary N) is 3. The van der Waals surface area contributed by atoms with E-state index >= 15 is 0 Å². The summed E-state index contributed by atoms with van der Waals surface area (Å²) in [5.41, 5.74) is 12.7. The van der Waals surface area contributed by atoms with Crippen LogP contribution in [0.2, 0.25) is 0 Å². The van der Waals surface area contributed by atoms with Crippen LogP contribution in [0.1, 0.15) is 13.8 Å². The van der Waals surface area contributed by atoms with Gasteiger partial charge in [-0.05, 0) is 32.0 Å². The van der Waals surface area contributed by atoms with Gasteiger partial charge < -0.3 is 16.2 Å². The molecule has 0 unspecified atom stereocenters. The molecule has 0 amide bonds. The Morgan fingerprint density at radius 3 is 2.63 bits per heavy atom. The smallest absolute Gasteiger partial charge is 0.358 e. The standard InChI is InChI=1S/C12H17BrN4O2/c1-3-19-12(18)11(7(2)14)17(16)10-6-8(13)4-5-9(10)15/h4-6H,3,14-16H2,1-2H3/b11-7+. The molecule has 0 saturated heterocycles. The number of esters is 1. The highest BCUT2D eigenvalue weighted by Gasteiger charge is 2.21. The van der Waals surface area contributed by atoms with Gasteiger partial charge in [-0.1, -0.05) is 15.9 Å². The predicted octanol–water partition coefficient (Wildman–Crippen LogP) is 1.46. The minimum Gasteiger partial charge on any atom is -0.461 e. The second kappa shape index (κ2) is 6.44. The van der Waals surface area contributed by atoms with Crippen LogP contribution in [-0.2, 0) is 9.53 Å². The minimum atomic E-state index is -0.593. The van der Waals surface area contributed by atoms with Gasteiger partial charge in [0.2, 0.25) is 0 Å². The maximum absolute atomic E-state index is 11.9. The third-order valence-electron chi connectivity index (χ3n) is 2.34. The highest BCUT2D eigenvalue weighted by Crippen LogP contribution is 2.28. The number of carbonyl (C=O) groups excluding carboxylic acids is 1. The summed E-state index contributed by atoms with van der Waals surface area (Å²) < 4.78 is 5.71. The van der Waals surface area contributed by atoms with Crippen LogP contribution in [0.4, 0.5) is 11.4 Å². The van der Waals surface area contributed by atoms with Crippen molar-refractivity contribution >= 4 is 33.3 Å². The fraction of sp³-hybridized carbons (Fsp3) is 0.250. The number of hydrogen-bond acceptors (Lipinski definition) is 6. The molecule has 1 rings (SSSR count). The van der Waals surface area contributed by atoms with Crippen molar-refractivity contribution in [1.82, 2.24) is 0 Å². The second-order valence-electron chi connectivity index (χ2n) is 3.83. The first-order valence-corrected chi connectivity index (χ1v) is 6.41. The molecular weight excluding hydrogens is 312 g/mol. The van der Waals surface area contributed by atoms with Crippen molar-refractivity contribution < 1.29 is 9.53 Å². The number of hydrogen-bond donors (Lipinski definition) is 3. The summed E-state index contributed by atoms with van der Waals surface area (Å²) in [7, 11) is 0. The first kappa shape index (κ1) is 15.3. The third-order valence-corrected chi connectivity index (χ3v) is 2.83. The zero-order chi connectivity index (χ0) is 14.6. The SMILES string of the molecule is CCOC(=O)/C(=C(/C)N)N(N)c1cc(Br)ccc1N. The van der Waals surface area contributed by atoms with Crippen molar-refractivity contribution in [1.29, 1.82) is 0 Å². The predicted molar refractivity (Wildman–Crippen MR) is 78.7 cm³/mol. The number of carbonyl (C=O) groups is 1. The Hall–Kier alpha value is -1.73. The monoisotopic (exact) mass is 328 g/mol. The fourth-order valence-electron chi connectivity index (χ4n) is 1.49. The number of benzene rings is 1. The number of nitrogen functional groups attached to an aromatic ring is 1. The maximum Gasteiger partial charge on any atom is 0.358 e. The van der Waals surface area contributed by atoms with Crippen LogP contribution in [0.3, 0.4) is 0 Å². The van der Waals surface area contributed by atoms with Crippen LogP contribution in [0.5, 0.6) is 0 Å². The zero-order valence-corrected chi connectivity index (χ0v) is 12.4. The van der Waals surface area contributed by atoms with Crippen LogP contribution in [-0.4, -0.2) is 12.6 Å². The zero-order valence-electron chi connectivity index (χ0n) is 10.8. The molecule has 6 nitrogen and oxygen atoms in total. The molecule has 0 aliphatic carbocycles. The Morgan fingerprint density at radius 2 is 2.11 bits per heavy atom. The van der Waals surface area contributed by atoms with Crippen molar-refractivity contribution in [2.24, 2.45) is 11.6 Å². The summed E-state index contributed by atoms with van der Waals surface area (Å²) in [6.45, 7) is 3.51. The molecule has 0 aromatic heterocycles. The van der Waals surface area contributed by atoms with Gasteiger partial charge in [-0.2, -0.15) is 0 Å². The first-order chi connectivity index (χ1) is 8.88. The number of allylic oxidation sites excluding steroid dienone is 1. The molecule has 0 aliphatic rings. The quantitative estimate of drug-likeness (QED) is 0.254. The molecule has 0 radical (unpaired) electrons. The average molecular weight is 329 g/mol. The fourth-order valence-corrected chi connectivity index (χ4v) is 1.84. The van der Waals surface area contributed by atoms with Gasteiger partial charge in [-0.25, -0.2) is 10.6 Å². The molecule has 1 aromatic carbocycles. The number of nitrogens with zero attached hydrogens (tertiary/aromatic N) is 1. The number of rotatable bonds is 4. The van der Waals surface area contributed by atoms with Gasteiger partial charge in [0, 0.05) is 10.2 Å². The molecular formula is C12H17BrN4O2. The molecule has 0 saturated carbocycles. The lowest BCUT2D eigenvalue weighted by Gasteiger charge is -2.23. The van der Waals surface area contributed by atoms with E-state index in [4.69, 9.17) is 22.0 Å². The lowest BCUT2D eigenvalue weighted by Crippen LogP contribution is -2.37. The molecule has 19 heavy (non-hydrogen) atoms. The van der Waals surface area contributed by atoms with Crippen LogP contribution < -0.4 is 22.3 Å². The van der Waals surface area contributed by atoms with E-state index in [1.807, 2.05) is 0 Å². The molecule has 0 fully saturated rings. The van der Waals surface area contributed by atoms with Crippen molar-refractivity contribution in [3.05, 3.63) is 34.1 Å². The largest absolute Gasteiger partial charge is 0.461 e. The van der Waals surface area contributed by atoms with Crippen LogP contribution in [0, 0.1) is 0 Å². The Kier molecular flexibility index (Phi) is 5.20. The number of anilines is 2. The van der Waals surface area contributed by atoms with Crippen LogP contribution in [0.15, 0.2) is 34.1 Å². The lowest BCUT2D eigenvalue weighted by atomic mass is 10.2. The molecule has 0 atom stereocenters. The number of hydrazine groups is 1. The van der Waals surface area contributed by atoms with Crippen LogP contribution >= 0.6 is 15.9 Å². The summed E-state index contributed by atoms with van der Waals surface area (Å²) in [6.07, 6.45) is 0. The summed E-state index contributed by atoms with van der Waals surface area (Å²) in [4.78, 5) is 11.9. The van der Waals surface area contributed by atoms with E-state index in [-0.39, 0.29) is 18.0 Å². The van der Waals surface area contributed by atoms with E-state index in [0.717, 1.165) is 9.48 Å². The van der Waals surface area contributed by atoms with Gasteiger partial charge in [-0.15, -0.1) is 0 Å². The Morgan fingerprint density at radius 1 is 1.47 bits per heavy atom. The number of ether oxygens (including phenoxy) is 1. The van der Waals surface area contributed by atoms with Gasteiger partial charge in [-0.3, -0.25) is 5.01 Å². The van der Waals surface area contributed by atoms with Crippen molar-refractivity contribution in [2.75, 3.05) is 17.3 Å². The Bertz CT molecular complexity index is 512. The summed E-state index contributed by atoms with van der Waals surface area (Å²) in [6, 6.07) is 5.14. The highest BCUT2D eigenvalue weighted by molar-refractivity contribution is 9.10. The molecule has 7 heteroatoms. The van der Waals surface area contributed by atoms with Crippen LogP contribution in [0.25, 0.3) is 0 Å². The number of halogens is 1. The van der Waals surface area contributed by atoms with Gasteiger partial charge in [0.25, 0.3) is 0 Å². The molecule has 0 heterocycles. The molecule has 0 bridgehead atoms. The van der Waals surface area contributed by atoms with E-state index in [1.54, 1.807) is 32.0 Å². The van der Waals surface area contributed by atoms with Crippen molar-refractivity contribution in [3.8, 4) is 0 Å². The molecule has 104 valence electrons. The van der Waals surface area contributed by atoms with E-state index < -0.39 is 5.97 Å². The second-order valence-corrected chi connectivity index (χ2v) is 4.74. The Labute approximate surface area is 120 Å². The lowest BCUT2D eigenvalue weighted by molar-refractivity contribution is -0.138. The highest BCUT2D eigenvalue weighted by atomic mass is 79.9. The normalized spacial score (nSPS) is 11.8. The molecule has 1 aromatic rings. The van der Waals surface area contributed by atoms with Gasteiger partial charge in [0.1, 0.15) is 0 Å². The van der Waals surface area contributed by atoms with E-state index in [0.29, 0.717) is 11.4 Å². The van der Waals surface area contributed by atoms with Gasteiger partial charge in [0.15, 0.2) is 5.70 Å². The molecule has 6 N–H and O–H groups in total. The van der Waals surface area contributed by atoms with Crippen molar-refractivity contribution in [2.45, 2.75) is 13.8 Å². The first-order valence-electron chi connectivity index (χ1n) is 5.61. The topological polar surface area (TPSA) is 108 Å². The van der Waals surface area contributed by atoms with Gasteiger partial charge >= 0.3 is 5.97 Å².